The molecule has 0 aliphatic carbocycles. The third kappa shape index (κ3) is 4.19. The Morgan fingerprint density at radius 2 is 0.833 bits per heavy atom. The van der Waals surface area contributed by atoms with E-state index < -0.39 is 0 Å². The van der Waals surface area contributed by atoms with E-state index in [1.165, 1.54) is 27.2 Å². The average Bonchev–Trinajstić information content (AvgIpc) is 3.97. The van der Waals surface area contributed by atoms with E-state index in [2.05, 4.69) is 173 Å². The molecule has 12 aromatic rings. The Hall–Kier alpha value is -7.30. The number of benzene rings is 8. The highest BCUT2D eigenvalue weighted by Gasteiger charge is 2.20. The molecule has 0 N–H and O–H groups in total. The van der Waals surface area contributed by atoms with E-state index in [0.29, 0.717) is 0 Å². The average molecular weight is 691 g/mol. The lowest BCUT2D eigenvalue weighted by molar-refractivity contribution is 0.645. The molecular formula is C50H30N2O2. The van der Waals surface area contributed by atoms with Crippen molar-refractivity contribution >= 4 is 76.7 Å². The van der Waals surface area contributed by atoms with Gasteiger partial charge in [0, 0.05) is 43.7 Å². The number of hydrogen-bond donors (Lipinski definition) is 0. The van der Waals surface area contributed by atoms with Crippen molar-refractivity contribution in [3.05, 3.63) is 182 Å². The van der Waals surface area contributed by atoms with Crippen LogP contribution in [0.25, 0.3) is 110 Å². The first kappa shape index (κ1) is 29.3. The summed E-state index contributed by atoms with van der Waals surface area (Å²) in [7, 11) is 0. The van der Waals surface area contributed by atoms with Gasteiger partial charge in [-0.15, -0.1) is 0 Å². The van der Waals surface area contributed by atoms with Gasteiger partial charge in [0.05, 0.1) is 21.9 Å². The molecule has 0 fully saturated rings. The largest absolute Gasteiger partial charge is 0.456 e. The van der Waals surface area contributed by atoms with E-state index in [-0.39, 0.29) is 0 Å². The molecule has 0 saturated carbocycles. The molecule has 0 atom stereocenters. The predicted octanol–water partition coefficient (Wildman–Crippen LogP) is 13.9. The first-order chi connectivity index (χ1) is 26.8. The van der Waals surface area contributed by atoms with Gasteiger partial charge in [0.2, 0.25) is 5.71 Å². The number of para-hydroxylation sites is 4. The van der Waals surface area contributed by atoms with Gasteiger partial charge >= 0.3 is 0 Å². The van der Waals surface area contributed by atoms with E-state index in [4.69, 9.17) is 8.83 Å². The molecule has 0 bridgehead atoms. The molecule has 0 spiro atoms. The normalized spacial score (nSPS) is 12.1. The van der Waals surface area contributed by atoms with E-state index in [0.717, 1.165) is 83.2 Å². The van der Waals surface area contributed by atoms with Crippen LogP contribution in [-0.2, 0) is 0 Å². The van der Waals surface area contributed by atoms with Crippen molar-refractivity contribution in [2.45, 2.75) is 0 Å². The van der Waals surface area contributed by atoms with Crippen LogP contribution in [0, 0.1) is 0 Å². The van der Waals surface area contributed by atoms with Gasteiger partial charge in [-0.25, -0.2) is 0 Å². The summed E-state index contributed by atoms with van der Waals surface area (Å²) in [4.78, 5) is 0. The van der Waals surface area contributed by atoms with Gasteiger partial charge in [-0.3, -0.25) is 4.57 Å². The molecule has 54 heavy (non-hydrogen) atoms. The number of hydrogen-bond acceptors (Lipinski definition) is 2. The molecule has 8 aromatic carbocycles. The molecule has 12 rings (SSSR count). The van der Waals surface area contributed by atoms with Crippen LogP contribution in [0.1, 0.15) is 0 Å². The standard InChI is InChI=1S/C50H30N2O2/c1-2-10-35(11-3-1)52-44-16-8-5-14-40(44)49-41-26-21-33(29-48(41)54-50(49)52)31-18-23-36(24-19-31)51-43-15-7-4-12-37(43)42-28-32(22-27-45(42)51)34-20-25-39-38-13-6-9-17-46(38)53-47(39)30-34/h1-30H. The van der Waals surface area contributed by atoms with Crippen LogP contribution in [0.4, 0.5) is 0 Å². The second-order valence-electron chi connectivity index (χ2n) is 14.1. The second-order valence-corrected chi connectivity index (χ2v) is 14.1. The fourth-order valence-corrected chi connectivity index (χ4v) is 8.64. The van der Waals surface area contributed by atoms with Gasteiger partial charge in [0.15, 0.2) is 0 Å². The summed E-state index contributed by atoms with van der Waals surface area (Å²) in [6.07, 6.45) is 0. The SMILES string of the molecule is c1ccc(-n2c3ccccc3c3c4ccc(-c5ccc(-n6c7ccccc7c7cc(-c8ccc9c(c8)oc8ccccc89)ccc76)cc5)cc4oc32)cc1. The van der Waals surface area contributed by atoms with Gasteiger partial charge in [-0.1, -0.05) is 103 Å². The van der Waals surface area contributed by atoms with E-state index in [1.54, 1.807) is 0 Å². The minimum absolute atomic E-state index is 0.870. The van der Waals surface area contributed by atoms with Crippen molar-refractivity contribution in [2.24, 2.45) is 0 Å². The summed E-state index contributed by atoms with van der Waals surface area (Å²) in [5, 5.41) is 8.20. The molecule has 0 radical (unpaired) electrons. The third-order valence-corrected chi connectivity index (χ3v) is 11.1. The lowest BCUT2D eigenvalue weighted by Gasteiger charge is -2.10. The van der Waals surface area contributed by atoms with Crippen LogP contribution < -0.4 is 0 Å². The lowest BCUT2D eigenvalue weighted by Crippen LogP contribution is -1.93. The van der Waals surface area contributed by atoms with Crippen molar-refractivity contribution < 1.29 is 8.83 Å². The number of rotatable bonds is 4. The first-order valence-corrected chi connectivity index (χ1v) is 18.3. The predicted molar refractivity (Wildman–Crippen MR) is 223 cm³/mol. The Kier molecular flexibility index (Phi) is 6.02. The maximum absolute atomic E-state index is 6.69. The maximum atomic E-state index is 6.69. The summed E-state index contributed by atoms with van der Waals surface area (Å²) in [6.45, 7) is 0. The summed E-state index contributed by atoms with van der Waals surface area (Å²) in [5.41, 5.74) is 13.8. The number of fused-ring (bicyclic) bond motifs is 11. The molecule has 0 aliphatic rings. The molecule has 4 aromatic heterocycles. The molecule has 0 saturated heterocycles. The Morgan fingerprint density at radius 1 is 0.296 bits per heavy atom. The van der Waals surface area contributed by atoms with E-state index >= 15 is 0 Å². The Morgan fingerprint density at radius 3 is 1.65 bits per heavy atom. The summed E-state index contributed by atoms with van der Waals surface area (Å²) in [6, 6.07) is 64.8. The second kappa shape index (κ2) is 11.1. The monoisotopic (exact) mass is 690 g/mol. The fraction of sp³-hybridized carbons (Fsp3) is 0. The highest BCUT2D eigenvalue weighted by molar-refractivity contribution is 6.20. The molecule has 0 amide bonds. The van der Waals surface area contributed by atoms with Gasteiger partial charge in [0.25, 0.3) is 0 Å². The van der Waals surface area contributed by atoms with Crippen molar-refractivity contribution in [2.75, 3.05) is 0 Å². The van der Waals surface area contributed by atoms with Crippen LogP contribution in [0.2, 0.25) is 0 Å². The van der Waals surface area contributed by atoms with E-state index in [1.807, 2.05) is 18.2 Å². The molecule has 0 unspecified atom stereocenters. The Bertz CT molecular complexity index is 3430. The minimum Gasteiger partial charge on any atom is -0.456 e. The number of furan rings is 2. The molecule has 252 valence electrons. The first-order valence-electron chi connectivity index (χ1n) is 18.3. The quantitative estimate of drug-likeness (QED) is 0.184. The van der Waals surface area contributed by atoms with Crippen LogP contribution in [0.15, 0.2) is 191 Å². The molecular weight excluding hydrogens is 661 g/mol. The molecule has 4 heteroatoms. The van der Waals surface area contributed by atoms with E-state index in [9.17, 15) is 0 Å². The zero-order valence-corrected chi connectivity index (χ0v) is 29.0. The van der Waals surface area contributed by atoms with Gasteiger partial charge in [-0.2, -0.15) is 0 Å². The summed E-state index contributed by atoms with van der Waals surface area (Å²) in [5.74, 6) is 0. The topological polar surface area (TPSA) is 36.1 Å². The van der Waals surface area contributed by atoms with Crippen molar-refractivity contribution in [3.8, 4) is 33.6 Å². The van der Waals surface area contributed by atoms with Crippen molar-refractivity contribution in [3.63, 3.8) is 0 Å². The molecule has 4 heterocycles. The molecule has 0 aliphatic heterocycles. The van der Waals surface area contributed by atoms with Crippen LogP contribution in [0.5, 0.6) is 0 Å². The van der Waals surface area contributed by atoms with Gasteiger partial charge < -0.3 is 13.4 Å². The summed E-state index contributed by atoms with van der Waals surface area (Å²) >= 11 is 0. The smallest absolute Gasteiger partial charge is 0.213 e. The van der Waals surface area contributed by atoms with Gasteiger partial charge in [0.1, 0.15) is 16.7 Å². The fourth-order valence-electron chi connectivity index (χ4n) is 8.64. The highest BCUT2D eigenvalue weighted by atomic mass is 16.3. The van der Waals surface area contributed by atoms with Crippen molar-refractivity contribution in [1.82, 2.24) is 9.13 Å². The van der Waals surface area contributed by atoms with Crippen LogP contribution in [0.3, 0.4) is 0 Å². The molecule has 4 nitrogen and oxygen atoms in total. The number of nitrogens with zero attached hydrogens (tertiary/aromatic N) is 2. The Balaban J connectivity index is 0.942. The van der Waals surface area contributed by atoms with Crippen molar-refractivity contribution in [1.29, 1.82) is 0 Å². The minimum atomic E-state index is 0.870. The van der Waals surface area contributed by atoms with Crippen LogP contribution in [-0.4, -0.2) is 9.13 Å². The zero-order chi connectivity index (χ0) is 35.3. The lowest BCUT2D eigenvalue weighted by atomic mass is 10.0. The summed E-state index contributed by atoms with van der Waals surface area (Å²) < 4.78 is 17.5. The number of aromatic nitrogens is 2. The third-order valence-electron chi connectivity index (χ3n) is 11.1. The highest BCUT2D eigenvalue weighted by Crippen LogP contribution is 2.41. The Labute approximate surface area is 309 Å². The van der Waals surface area contributed by atoms with Gasteiger partial charge in [-0.05, 0) is 101 Å². The zero-order valence-electron chi connectivity index (χ0n) is 29.0. The van der Waals surface area contributed by atoms with Crippen LogP contribution >= 0.6 is 0 Å². The maximum Gasteiger partial charge on any atom is 0.213 e.